The van der Waals surface area contributed by atoms with Gasteiger partial charge in [0.25, 0.3) is 0 Å². The molecule has 2 heterocycles. The SMILES string of the molecule is COc1cccnc1C(N)c1ncc(Br)cc1Br. The molecule has 2 N–H and O–H groups in total. The van der Waals surface area contributed by atoms with Crippen LogP contribution in [0.15, 0.2) is 39.5 Å². The molecule has 0 aromatic carbocycles. The molecule has 0 fully saturated rings. The van der Waals surface area contributed by atoms with Crippen LogP contribution in [0, 0.1) is 0 Å². The molecule has 0 saturated carbocycles. The topological polar surface area (TPSA) is 61.0 Å². The summed E-state index contributed by atoms with van der Waals surface area (Å²) in [4.78, 5) is 8.58. The van der Waals surface area contributed by atoms with Crippen molar-refractivity contribution in [3.8, 4) is 5.75 Å². The molecule has 6 heteroatoms. The van der Waals surface area contributed by atoms with E-state index in [0.29, 0.717) is 11.4 Å². The normalized spacial score (nSPS) is 12.2. The van der Waals surface area contributed by atoms with Gasteiger partial charge >= 0.3 is 0 Å². The molecule has 1 atom stereocenters. The van der Waals surface area contributed by atoms with Gasteiger partial charge in [0.1, 0.15) is 11.4 Å². The first-order valence-corrected chi connectivity index (χ1v) is 6.77. The maximum atomic E-state index is 6.19. The van der Waals surface area contributed by atoms with Crippen LogP contribution in [0.5, 0.6) is 5.75 Å². The Balaban J connectivity index is 2.44. The van der Waals surface area contributed by atoms with Gasteiger partial charge in [-0.25, -0.2) is 0 Å². The van der Waals surface area contributed by atoms with E-state index in [2.05, 4.69) is 41.8 Å². The zero-order valence-electron chi connectivity index (χ0n) is 9.60. The number of nitrogens with two attached hydrogens (primary N) is 1. The van der Waals surface area contributed by atoms with Crippen LogP contribution in [0.2, 0.25) is 0 Å². The average molecular weight is 373 g/mol. The highest BCUT2D eigenvalue weighted by molar-refractivity contribution is 9.11. The van der Waals surface area contributed by atoms with Crippen LogP contribution in [-0.2, 0) is 0 Å². The number of hydrogen-bond acceptors (Lipinski definition) is 4. The minimum absolute atomic E-state index is 0.441. The zero-order chi connectivity index (χ0) is 13.1. The molecule has 18 heavy (non-hydrogen) atoms. The lowest BCUT2D eigenvalue weighted by Crippen LogP contribution is -2.16. The molecule has 0 aliphatic rings. The molecular formula is C12H11Br2N3O. The lowest BCUT2D eigenvalue weighted by atomic mass is 10.1. The summed E-state index contributed by atoms with van der Waals surface area (Å²) in [5.74, 6) is 0.654. The molecule has 2 aromatic heterocycles. The summed E-state index contributed by atoms with van der Waals surface area (Å²) in [6.07, 6.45) is 3.39. The Bertz CT molecular complexity index is 563. The van der Waals surface area contributed by atoms with E-state index < -0.39 is 6.04 Å². The number of ether oxygens (including phenoxy) is 1. The van der Waals surface area contributed by atoms with Gasteiger partial charge in [-0.1, -0.05) is 0 Å². The van der Waals surface area contributed by atoms with Crippen molar-refractivity contribution in [2.45, 2.75) is 6.04 Å². The standard InChI is InChI=1S/C12H11Br2N3O/c1-18-9-3-2-4-16-12(9)10(15)11-8(14)5-7(13)6-17-11/h2-6,10H,15H2,1H3. The second-order valence-electron chi connectivity index (χ2n) is 3.59. The summed E-state index contributed by atoms with van der Waals surface area (Å²) in [6, 6.07) is 5.09. The Morgan fingerprint density at radius 2 is 2.06 bits per heavy atom. The molecule has 94 valence electrons. The summed E-state index contributed by atoms with van der Waals surface area (Å²) in [5, 5.41) is 0. The fourth-order valence-corrected chi connectivity index (χ4v) is 2.83. The van der Waals surface area contributed by atoms with Gasteiger partial charge in [0.15, 0.2) is 0 Å². The maximum Gasteiger partial charge on any atom is 0.142 e. The van der Waals surface area contributed by atoms with Crippen molar-refractivity contribution < 1.29 is 4.74 Å². The van der Waals surface area contributed by atoms with E-state index in [1.807, 2.05) is 12.1 Å². The molecule has 0 saturated heterocycles. The Labute approximate surface area is 122 Å². The molecule has 2 aromatic rings. The molecule has 0 spiro atoms. The monoisotopic (exact) mass is 371 g/mol. The van der Waals surface area contributed by atoms with Crippen LogP contribution in [-0.4, -0.2) is 17.1 Å². The number of nitrogens with zero attached hydrogens (tertiary/aromatic N) is 2. The van der Waals surface area contributed by atoms with E-state index in [-0.39, 0.29) is 0 Å². The summed E-state index contributed by atoms with van der Waals surface area (Å²) in [6.45, 7) is 0. The number of halogens is 2. The maximum absolute atomic E-state index is 6.19. The second-order valence-corrected chi connectivity index (χ2v) is 5.36. The Morgan fingerprint density at radius 3 is 2.72 bits per heavy atom. The van der Waals surface area contributed by atoms with Gasteiger partial charge in [0, 0.05) is 21.3 Å². The Hall–Kier alpha value is -0.980. The van der Waals surface area contributed by atoms with Crippen molar-refractivity contribution in [2.75, 3.05) is 7.11 Å². The van der Waals surface area contributed by atoms with Gasteiger partial charge in [-0.2, -0.15) is 0 Å². The third-order valence-electron chi connectivity index (χ3n) is 2.45. The smallest absolute Gasteiger partial charge is 0.142 e. The zero-order valence-corrected chi connectivity index (χ0v) is 12.8. The molecule has 2 rings (SSSR count). The number of pyridine rings is 2. The second kappa shape index (κ2) is 5.77. The predicted molar refractivity (Wildman–Crippen MR) is 76.5 cm³/mol. The molecular weight excluding hydrogens is 362 g/mol. The van der Waals surface area contributed by atoms with Crippen molar-refractivity contribution in [3.63, 3.8) is 0 Å². The molecule has 1 unspecified atom stereocenters. The highest BCUT2D eigenvalue weighted by atomic mass is 79.9. The molecule has 0 bridgehead atoms. The van der Waals surface area contributed by atoms with Crippen molar-refractivity contribution in [1.82, 2.24) is 9.97 Å². The number of hydrogen-bond donors (Lipinski definition) is 1. The lowest BCUT2D eigenvalue weighted by Gasteiger charge is -2.15. The minimum Gasteiger partial charge on any atom is -0.495 e. The highest BCUT2D eigenvalue weighted by Crippen LogP contribution is 2.30. The molecule has 4 nitrogen and oxygen atoms in total. The molecule has 0 aliphatic heterocycles. The summed E-state index contributed by atoms with van der Waals surface area (Å²) in [5.41, 5.74) is 7.57. The van der Waals surface area contributed by atoms with Crippen molar-refractivity contribution in [3.05, 3.63) is 50.9 Å². The third-order valence-corrected chi connectivity index (χ3v) is 3.51. The summed E-state index contributed by atoms with van der Waals surface area (Å²) >= 11 is 6.81. The molecule has 0 radical (unpaired) electrons. The third kappa shape index (κ3) is 2.71. The summed E-state index contributed by atoms with van der Waals surface area (Å²) in [7, 11) is 1.59. The number of methoxy groups -OCH3 is 1. The van der Waals surface area contributed by atoms with E-state index in [4.69, 9.17) is 10.5 Å². The van der Waals surface area contributed by atoms with E-state index >= 15 is 0 Å². The number of rotatable bonds is 3. The van der Waals surface area contributed by atoms with E-state index in [1.54, 1.807) is 25.6 Å². The fourth-order valence-electron chi connectivity index (χ4n) is 1.59. The first-order chi connectivity index (χ1) is 8.63. The average Bonchev–Trinajstić information content (AvgIpc) is 2.38. The number of aromatic nitrogens is 2. The highest BCUT2D eigenvalue weighted by Gasteiger charge is 2.19. The van der Waals surface area contributed by atoms with Crippen LogP contribution >= 0.6 is 31.9 Å². The van der Waals surface area contributed by atoms with Gasteiger partial charge in [-0.3, -0.25) is 9.97 Å². The van der Waals surface area contributed by atoms with E-state index in [9.17, 15) is 0 Å². The molecule has 0 amide bonds. The van der Waals surface area contributed by atoms with E-state index in [0.717, 1.165) is 14.6 Å². The Kier molecular flexibility index (Phi) is 4.31. The van der Waals surface area contributed by atoms with Crippen molar-refractivity contribution in [1.29, 1.82) is 0 Å². The quantitative estimate of drug-likeness (QED) is 0.899. The first-order valence-electron chi connectivity index (χ1n) is 5.19. The largest absolute Gasteiger partial charge is 0.495 e. The van der Waals surface area contributed by atoms with Crippen LogP contribution in [0.4, 0.5) is 0 Å². The van der Waals surface area contributed by atoms with Crippen LogP contribution in [0.25, 0.3) is 0 Å². The van der Waals surface area contributed by atoms with Crippen molar-refractivity contribution in [2.24, 2.45) is 5.73 Å². The lowest BCUT2D eigenvalue weighted by molar-refractivity contribution is 0.404. The van der Waals surface area contributed by atoms with Crippen LogP contribution in [0.1, 0.15) is 17.4 Å². The van der Waals surface area contributed by atoms with Gasteiger partial charge in [0.2, 0.25) is 0 Å². The van der Waals surface area contributed by atoms with Crippen LogP contribution in [0.3, 0.4) is 0 Å². The Morgan fingerprint density at radius 1 is 1.28 bits per heavy atom. The molecule has 0 aliphatic carbocycles. The summed E-state index contributed by atoms with van der Waals surface area (Å²) < 4.78 is 6.97. The van der Waals surface area contributed by atoms with Gasteiger partial charge in [-0.15, -0.1) is 0 Å². The van der Waals surface area contributed by atoms with Gasteiger partial charge < -0.3 is 10.5 Å². The van der Waals surface area contributed by atoms with Crippen LogP contribution < -0.4 is 10.5 Å². The van der Waals surface area contributed by atoms with Crippen molar-refractivity contribution >= 4 is 31.9 Å². The minimum atomic E-state index is -0.441. The van der Waals surface area contributed by atoms with Gasteiger partial charge in [0.05, 0.1) is 18.8 Å². The fraction of sp³-hybridized carbons (Fsp3) is 0.167. The first kappa shape index (κ1) is 13.5. The van der Waals surface area contributed by atoms with Gasteiger partial charge in [-0.05, 0) is 50.1 Å². The van der Waals surface area contributed by atoms with E-state index in [1.165, 1.54) is 0 Å². The predicted octanol–water partition coefficient (Wildman–Crippen LogP) is 3.06.